The highest BCUT2D eigenvalue weighted by Gasteiger charge is 2.39. The molecule has 8 nitrogen and oxygen atoms in total. The molecule has 0 saturated carbocycles. The number of methoxy groups -OCH3 is 1. The predicted octanol–water partition coefficient (Wildman–Crippen LogP) is -0.474. The van der Waals surface area contributed by atoms with Crippen molar-refractivity contribution in [3.63, 3.8) is 0 Å². The molecule has 3 aliphatic rings. The lowest BCUT2D eigenvalue weighted by Gasteiger charge is -2.41. The first kappa shape index (κ1) is 18.1. The van der Waals surface area contributed by atoms with Crippen molar-refractivity contribution in [3.8, 4) is 0 Å². The number of hydrogen-bond donors (Lipinski definition) is 3. The largest absolute Gasteiger partial charge is 0.374 e. The van der Waals surface area contributed by atoms with Gasteiger partial charge in [0.05, 0.1) is 0 Å². The first-order valence-corrected chi connectivity index (χ1v) is 9.24. The first-order chi connectivity index (χ1) is 13.0. The number of carbonyl (C=O) groups is 3. The number of ether oxygens (including phenoxy) is 1. The van der Waals surface area contributed by atoms with Crippen LogP contribution in [0.25, 0.3) is 0 Å². The molecule has 3 aliphatic heterocycles. The molecule has 0 aliphatic carbocycles. The Morgan fingerprint density at radius 1 is 1.30 bits per heavy atom. The van der Waals surface area contributed by atoms with Crippen LogP contribution in [-0.4, -0.2) is 61.0 Å². The number of imide groups is 1. The highest BCUT2D eigenvalue weighted by molar-refractivity contribution is 6.05. The third-order valence-corrected chi connectivity index (χ3v) is 5.69. The van der Waals surface area contributed by atoms with Crippen molar-refractivity contribution < 1.29 is 19.1 Å². The van der Waals surface area contributed by atoms with Gasteiger partial charge in [-0.25, -0.2) is 0 Å². The van der Waals surface area contributed by atoms with Gasteiger partial charge < -0.3 is 20.3 Å². The van der Waals surface area contributed by atoms with E-state index >= 15 is 0 Å². The molecule has 4 rings (SSSR count). The van der Waals surface area contributed by atoms with E-state index in [1.807, 2.05) is 18.2 Å². The molecule has 2 fully saturated rings. The van der Waals surface area contributed by atoms with Crippen LogP contribution in [0.15, 0.2) is 18.2 Å². The van der Waals surface area contributed by atoms with Crippen LogP contribution >= 0.6 is 0 Å². The molecule has 3 amide bonds. The smallest absolute Gasteiger partial charge is 0.255 e. The summed E-state index contributed by atoms with van der Waals surface area (Å²) in [6.45, 7) is 3.53. The number of piperidine rings is 1. The van der Waals surface area contributed by atoms with Gasteiger partial charge >= 0.3 is 0 Å². The molecule has 2 saturated heterocycles. The molecule has 0 radical (unpaired) electrons. The molecule has 3 heterocycles. The number of fused-ring (bicyclic) bond motifs is 1. The van der Waals surface area contributed by atoms with Crippen LogP contribution in [0, 0.1) is 0 Å². The molecular formula is C19H24N4O4. The van der Waals surface area contributed by atoms with Crippen molar-refractivity contribution in [1.29, 1.82) is 0 Å². The Labute approximate surface area is 157 Å². The maximum atomic E-state index is 12.7. The Balaban J connectivity index is 1.40. The fourth-order valence-electron chi connectivity index (χ4n) is 3.92. The van der Waals surface area contributed by atoms with Crippen molar-refractivity contribution in [1.82, 2.24) is 20.9 Å². The van der Waals surface area contributed by atoms with E-state index in [4.69, 9.17) is 4.74 Å². The molecule has 27 heavy (non-hydrogen) atoms. The van der Waals surface area contributed by atoms with Gasteiger partial charge in [0.15, 0.2) is 0 Å². The van der Waals surface area contributed by atoms with Gasteiger partial charge in [0, 0.05) is 51.8 Å². The van der Waals surface area contributed by atoms with Crippen LogP contribution in [-0.2, 0) is 27.4 Å². The summed E-state index contributed by atoms with van der Waals surface area (Å²) in [7, 11) is 1.73. The average molecular weight is 372 g/mol. The van der Waals surface area contributed by atoms with Crippen LogP contribution in [0.1, 0.15) is 34.3 Å². The molecule has 0 aromatic heterocycles. The minimum atomic E-state index is -0.572. The fraction of sp³-hybridized carbons (Fsp3) is 0.526. The maximum Gasteiger partial charge on any atom is 0.255 e. The molecule has 1 unspecified atom stereocenters. The Morgan fingerprint density at radius 2 is 2.11 bits per heavy atom. The molecule has 1 aromatic rings. The lowest BCUT2D eigenvalue weighted by molar-refractivity contribution is -0.136. The van der Waals surface area contributed by atoms with E-state index in [0.29, 0.717) is 25.1 Å². The molecule has 1 atom stereocenters. The maximum absolute atomic E-state index is 12.7. The number of amides is 3. The summed E-state index contributed by atoms with van der Waals surface area (Å²) in [5.74, 6) is -0.796. The topological polar surface area (TPSA) is 99.8 Å². The SMILES string of the molecule is COC1(CNCc2ccc3c(c2)CN(C2CCC(=O)NC2=O)C3=O)CNC1. The first-order valence-electron chi connectivity index (χ1n) is 9.24. The van der Waals surface area contributed by atoms with Crippen molar-refractivity contribution in [3.05, 3.63) is 34.9 Å². The fourth-order valence-corrected chi connectivity index (χ4v) is 3.92. The van der Waals surface area contributed by atoms with Gasteiger partial charge in [-0.1, -0.05) is 12.1 Å². The molecule has 0 bridgehead atoms. The summed E-state index contributed by atoms with van der Waals surface area (Å²) in [6, 6.07) is 5.22. The van der Waals surface area contributed by atoms with E-state index in [1.165, 1.54) is 0 Å². The summed E-state index contributed by atoms with van der Waals surface area (Å²) in [4.78, 5) is 37.7. The molecule has 1 aromatic carbocycles. The van der Waals surface area contributed by atoms with Crippen molar-refractivity contribution in [2.45, 2.75) is 37.6 Å². The number of hydrogen-bond acceptors (Lipinski definition) is 6. The predicted molar refractivity (Wildman–Crippen MR) is 96.8 cm³/mol. The Morgan fingerprint density at radius 3 is 2.78 bits per heavy atom. The van der Waals surface area contributed by atoms with E-state index in [0.717, 1.165) is 30.8 Å². The highest BCUT2D eigenvalue weighted by Crippen LogP contribution is 2.28. The van der Waals surface area contributed by atoms with Gasteiger partial charge in [-0.3, -0.25) is 19.7 Å². The second-order valence-corrected chi connectivity index (χ2v) is 7.49. The normalized spacial score (nSPS) is 23.8. The van der Waals surface area contributed by atoms with E-state index < -0.39 is 6.04 Å². The minimum absolute atomic E-state index is 0.130. The summed E-state index contributed by atoms with van der Waals surface area (Å²) in [5.41, 5.74) is 2.52. The Bertz CT molecular complexity index is 784. The summed E-state index contributed by atoms with van der Waals surface area (Å²) < 4.78 is 5.56. The second-order valence-electron chi connectivity index (χ2n) is 7.49. The van der Waals surface area contributed by atoms with Gasteiger partial charge in [0.2, 0.25) is 11.8 Å². The number of benzene rings is 1. The number of nitrogens with zero attached hydrogens (tertiary/aromatic N) is 1. The van der Waals surface area contributed by atoms with Gasteiger partial charge in [-0.2, -0.15) is 0 Å². The highest BCUT2D eigenvalue weighted by atomic mass is 16.5. The van der Waals surface area contributed by atoms with Gasteiger partial charge in [0.25, 0.3) is 5.91 Å². The van der Waals surface area contributed by atoms with Crippen LogP contribution < -0.4 is 16.0 Å². The zero-order chi connectivity index (χ0) is 19.0. The molecule has 3 N–H and O–H groups in total. The standard InChI is InChI=1S/C19H24N4O4/c1-27-19(10-21-11-19)9-20-7-12-2-3-14-13(6-12)8-23(18(14)26)15-4-5-16(24)22-17(15)25/h2-3,6,15,20-21H,4-5,7-11H2,1H3,(H,22,24,25). The lowest BCUT2D eigenvalue weighted by atomic mass is 9.96. The number of carbonyl (C=O) groups excluding carboxylic acids is 3. The molecule has 144 valence electrons. The van der Waals surface area contributed by atoms with Crippen LogP contribution in [0.2, 0.25) is 0 Å². The van der Waals surface area contributed by atoms with Crippen molar-refractivity contribution >= 4 is 17.7 Å². The monoisotopic (exact) mass is 372 g/mol. The average Bonchev–Trinajstić information content (AvgIpc) is 2.93. The van der Waals surface area contributed by atoms with Gasteiger partial charge in [-0.05, 0) is 23.6 Å². The summed E-state index contributed by atoms with van der Waals surface area (Å²) in [5, 5.41) is 8.97. The van der Waals surface area contributed by atoms with E-state index in [9.17, 15) is 14.4 Å². The molecule has 0 spiro atoms. The summed E-state index contributed by atoms with van der Waals surface area (Å²) in [6.07, 6.45) is 0.647. The number of rotatable bonds is 6. The molecular weight excluding hydrogens is 348 g/mol. The van der Waals surface area contributed by atoms with Gasteiger partial charge in [-0.15, -0.1) is 0 Å². The van der Waals surface area contributed by atoms with Crippen molar-refractivity contribution in [2.75, 3.05) is 26.7 Å². The Kier molecular flexibility index (Phi) is 4.71. The number of nitrogens with one attached hydrogen (secondary N) is 3. The van der Waals surface area contributed by atoms with Crippen molar-refractivity contribution in [2.24, 2.45) is 0 Å². The lowest BCUT2D eigenvalue weighted by Crippen LogP contribution is -2.65. The van der Waals surface area contributed by atoms with Crippen LogP contribution in [0.5, 0.6) is 0 Å². The van der Waals surface area contributed by atoms with E-state index in [2.05, 4.69) is 16.0 Å². The van der Waals surface area contributed by atoms with E-state index in [-0.39, 0.29) is 29.7 Å². The quantitative estimate of drug-likeness (QED) is 0.584. The zero-order valence-electron chi connectivity index (χ0n) is 15.3. The minimum Gasteiger partial charge on any atom is -0.374 e. The third kappa shape index (κ3) is 3.36. The Hall–Kier alpha value is -2.29. The van der Waals surface area contributed by atoms with Crippen LogP contribution in [0.4, 0.5) is 0 Å². The zero-order valence-corrected chi connectivity index (χ0v) is 15.3. The third-order valence-electron chi connectivity index (χ3n) is 5.69. The van der Waals surface area contributed by atoms with Crippen LogP contribution in [0.3, 0.4) is 0 Å². The van der Waals surface area contributed by atoms with Gasteiger partial charge in [0.1, 0.15) is 11.6 Å². The summed E-state index contributed by atoms with van der Waals surface area (Å²) >= 11 is 0. The molecule has 8 heteroatoms. The van der Waals surface area contributed by atoms with E-state index in [1.54, 1.807) is 12.0 Å². The second kappa shape index (κ2) is 7.03.